The Bertz CT molecular complexity index is 900. The fourth-order valence-corrected chi connectivity index (χ4v) is 1.96. The van der Waals surface area contributed by atoms with Crippen LogP contribution in [0.1, 0.15) is 24.2 Å². The number of phenolic OH excluding ortho intramolecular Hbond substituents is 1. The van der Waals surface area contributed by atoms with Crippen molar-refractivity contribution in [1.82, 2.24) is 0 Å². The summed E-state index contributed by atoms with van der Waals surface area (Å²) in [5.74, 6) is 0.189. The van der Waals surface area contributed by atoms with E-state index < -0.39 is 0 Å². The quantitative estimate of drug-likeness (QED) is 0.390. The van der Waals surface area contributed by atoms with Gasteiger partial charge in [0.05, 0.1) is 22.7 Å². The number of rotatable bonds is 5. The minimum Gasteiger partial charge on any atom is -0.508 e. The Morgan fingerprint density at radius 3 is 1.22 bits per heavy atom. The van der Waals surface area contributed by atoms with Gasteiger partial charge in [0.15, 0.2) is 0 Å². The highest BCUT2D eigenvalue weighted by Gasteiger charge is 1.95. The minimum atomic E-state index is 0.189. The van der Waals surface area contributed by atoms with E-state index in [0.717, 1.165) is 6.29 Å². The van der Waals surface area contributed by atoms with Gasteiger partial charge in [0.1, 0.15) is 12.0 Å². The van der Waals surface area contributed by atoms with Crippen LogP contribution in [0.25, 0.3) is 0 Å². The first-order valence-corrected chi connectivity index (χ1v) is 8.51. The predicted molar refractivity (Wildman–Crippen MR) is 106 cm³/mol. The molecule has 6 nitrogen and oxygen atoms in total. The highest BCUT2D eigenvalue weighted by Crippen LogP contribution is 2.24. The molecule has 0 radical (unpaired) electrons. The molecule has 0 aliphatic rings. The van der Waals surface area contributed by atoms with Crippen LogP contribution in [0.3, 0.4) is 0 Å². The summed E-state index contributed by atoms with van der Waals surface area (Å²) in [6.45, 7) is 4.00. The van der Waals surface area contributed by atoms with Crippen molar-refractivity contribution < 1.29 is 9.90 Å². The van der Waals surface area contributed by atoms with Gasteiger partial charge in [0.2, 0.25) is 0 Å². The third-order valence-corrected chi connectivity index (χ3v) is 3.29. The smallest absolute Gasteiger partial charge is 0.150 e. The molecule has 0 aliphatic carbocycles. The average molecular weight is 360 g/mol. The topological polar surface area (TPSA) is 86.7 Å². The van der Waals surface area contributed by atoms with E-state index in [9.17, 15) is 9.90 Å². The maximum atomic E-state index is 10.6. The lowest BCUT2D eigenvalue weighted by atomic mass is 10.2. The Labute approximate surface area is 157 Å². The molecule has 0 aliphatic heterocycles. The molecule has 27 heavy (non-hydrogen) atoms. The lowest BCUT2D eigenvalue weighted by molar-refractivity contribution is 0.112. The van der Waals surface area contributed by atoms with Crippen molar-refractivity contribution in [1.29, 1.82) is 0 Å². The Balaban J connectivity index is 0.00000126. The summed E-state index contributed by atoms with van der Waals surface area (Å²) < 4.78 is 0. The van der Waals surface area contributed by atoms with Crippen LogP contribution in [0.2, 0.25) is 0 Å². The number of azo groups is 2. The Hall–Kier alpha value is -3.67. The second kappa shape index (κ2) is 10.4. The zero-order valence-corrected chi connectivity index (χ0v) is 15.1. The van der Waals surface area contributed by atoms with Crippen LogP contribution < -0.4 is 0 Å². The highest BCUT2D eigenvalue weighted by atomic mass is 16.3. The number of aromatic hydroxyl groups is 1. The molecule has 0 bridgehead atoms. The van der Waals surface area contributed by atoms with E-state index in [1.807, 2.05) is 13.8 Å². The minimum absolute atomic E-state index is 0.189. The fourth-order valence-electron chi connectivity index (χ4n) is 1.96. The molecule has 0 spiro atoms. The van der Waals surface area contributed by atoms with Crippen molar-refractivity contribution in [2.75, 3.05) is 0 Å². The lowest BCUT2D eigenvalue weighted by Crippen LogP contribution is -1.75. The molecule has 0 saturated carbocycles. The number of hydrogen-bond donors (Lipinski definition) is 1. The summed E-state index contributed by atoms with van der Waals surface area (Å²) in [6.07, 6.45) is 0.784. The second-order valence-corrected chi connectivity index (χ2v) is 5.14. The monoisotopic (exact) mass is 360 g/mol. The van der Waals surface area contributed by atoms with Gasteiger partial charge in [-0.1, -0.05) is 13.8 Å². The van der Waals surface area contributed by atoms with Crippen LogP contribution in [-0.4, -0.2) is 11.4 Å². The summed E-state index contributed by atoms with van der Waals surface area (Å²) in [7, 11) is 0. The van der Waals surface area contributed by atoms with Gasteiger partial charge < -0.3 is 5.11 Å². The normalized spacial score (nSPS) is 10.6. The zero-order chi connectivity index (χ0) is 19.5. The SMILES string of the molecule is CC.O=Cc1ccc(N=Nc2ccc(N=Nc3ccc(O)cc3)cc2)cc1. The largest absolute Gasteiger partial charge is 0.508 e. The summed E-state index contributed by atoms with van der Waals surface area (Å²) in [5, 5.41) is 25.7. The van der Waals surface area contributed by atoms with Gasteiger partial charge in [0.25, 0.3) is 0 Å². The molecule has 0 aromatic heterocycles. The Morgan fingerprint density at radius 1 is 0.593 bits per heavy atom. The molecule has 0 amide bonds. The van der Waals surface area contributed by atoms with Gasteiger partial charge in [0, 0.05) is 5.56 Å². The van der Waals surface area contributed by atoms with E-state index in [-0.39, 0.29) is 5.75 Å². The number of carbonyl (C=O) groups is 1. The third-order valence-electron chi connectivity index (χ3n) is 3.29. The molecule has 6 heteroatoms. The van der Waals surface area contributed by atoms with Gasteiger partial charge in [-0.3, -0.25) is 4.79 Å². The zero-order valence-electron chi connectivity index (χ0n) is 15.1. The van der Waals surface area contributed by atoms with Crippen LogP contribution in [0.5, 0.6) is 5.75 Å². The molecule has 0 unspecified atom stereocenters. The average Bonchev–Trinajstić information content (AvgIpc) is 2.74. The van der Waals surface area contributed by atoms with Gasteiger partial charge in [-0.15, -0.1) is 0 Å². The van der Waals surface area contributed by atoms with Crippen molar-refractivity contribution in [2.24, 2.45) is 20.5 Å². The van der Waals surface area contributed by atoms with Crippen LogP contribution >= 0.6 is 0 Å². The van der Waals surface area contributed by atoms with Crippen molar-refractivity contribution in [3.05, 3.63) is 78.4 Å². The number of benzene rings is 3. The molecule has 0 fully saturated rings. The number of phenols is 1. The van der Waals surface area contributed by atoms with Crippen LogP contribution in [0.4, 0.5) is 22.7 Å². The highest BCUT2D eigenvalue weighted by molar-refractivity contribution is 5.75. The van der Waals surface area contributed by atoms with E-state index in [0.29, 0.717) is 28.3 Å². The number of hydrogen-bond acceptors (Lipinski definition) is 6. The van der Waals surface area contributed by atoms with Crippen LogP contribution in [0.15, 0.2) is 93.3 Å². The molecule has 0 heterocycles. The molecule has 136 valence electrons. The standard InChI is InChI=1S/C19H14N4O2.C2H6/c24-13-14-1-3-15(4-2-14)20-21-16-5-7-17(8-6-16)22-23-18-9-11-19(25)12-10-18;1-2/h1-13,25H;1-2H3. The molecule has 1 N–H and O–H groups in total. The molecular formula is C21H20N4O2. The lowest BCUT2D eigenvalue weighted by Gasteiger charge is -1.96. The van der Waals surface area contributed by atoms with Gasteiger partial charge >= 0.3 is 0 Å². The molecule has 3 aromatic rings. The van der Waals surface area contributed by atoms with E-state index in [1.165, 1.54) is 0 Å². The van der Waals surface area contributed by atoms with E-state index >= 15 is 0 Å². The summed E-state index contributed by atoms with van der Waals surface area (Å²) in [5.41, 5.74) is 3.29. The van der Waals surface area contributed by atoms with E-state index in [1.54, 1.807) is 72.8 Å². The molecule has 3 aromatic carbocycles. The van der Waals surface area contributed by atoms with Crippen molar-refractivity contribution in [2.45, 2.75) is 13.8 Å². The van der Waals surface area contributed by atoms with E-state index in [2.05, 4.69) is 20.5 Å². The number of nitrogens with zero attached hydrogens (tertiary/aromatic N) is 4. The maximum absolute atomic E-state index is 10.6. The van der Waals surface area contributed by atoms with Gasteiger partial charge in [-0.25, -0.2) is 0 Å². The molecule has 0 atom stereocenters. The third kappa shape index (κ3) is 6.28. The van der Waals surface area contributed by atoms with E-state index in [4.69, 9.17) is 0 Å². The van der Waals surface area contributed by atoms with Crippen molar-refractivity contribution in [3.63, 3.8) is 0 Å². The second-order valence-electron chi connectivity index (χ2n) is 5.14. The van der Waals surface area contributed by atoms with Gasteiger partial charge in [-0.05, 0) is 72.8 Å². The van der Waals surface area contributed by atoms with Crippen molar-refractivity contribution >= 4 is 29.0 Å². The fraction of sp³-hybridized carbons (Fsp3) is 0.0952. The predicted octanol–water partition coefficient (Wildman–Crippen LogP) is 7.06. The first-order valence-electron chi connectivity index (χ1n) is 8.51. The molecule has 3 rings (SSSR count). The van der Waals surface area contributed by atoms with Crippen LogP contribution in [-0.2, 0) is 0 Å². The van der Waals surface area contributed by atoms with Crippen LogP contribution in [0, 0.1) is 0 Å². The summed E-state index contributed by atoms with van der Waals surface area (Å²) >= 11 is 0. The number of aldehydes is 1. The van der Waals surface area contributed by atoms with Crippen molar-refractivity contribution in [3.8, 4) is 5.75 Å². The Morgan fingerprint density at radius 2 is 0.889 bits per heavy atom. The first kappa shape index (κ1) is 19.7. The summed E-state index contributed by atoms with van der Waals surface area (Å²) in [4.78, 5) is 10.6. The maximum Gasteiger partial charge on any atom is 0.150 e. The molecular weight excluding hydrogens is 340 g/mol. The molecule has 0 saturated heterocycles. The summed E-state index contributed by atoms with van der Waals surface area (Å²) in [6, 6.07) is 20.4. The van der Waals surface area contributed by atoms with Gasteiger partial charge in [-0.2, -0.15) is 20.5 Å². The first-order chi connectivity index (χ1) is 13.2. The number of carbonyl (C=O) groups excluding carboxylic acids is 1. The Kier molecular flexibility index (Phi) is 7.53.